The molecule has 2 heterocycles. The average Bonchev–Trinajstić information content (AvgIpc) is 2.89. The van der Waals surface area contributed by atoms with E-state index >= 15 is 0 Å². The van der Waals surface area contributed by atoms with Crippen LogP contribution in [0.3, 0.4) is 0 Å². The fourth-order valence-electron chi connectivity index (χ4n) is 2.80. The Hall–Kier alpha value is -1.65. The second-order valence-electron chi connectivity index (χ2n) is 5.65. The van der Waals surface area contributed by atoms with E-state index in [-0.39, 0.29) is 6.10 Å². The highest BCUT2D eigenvalue weighted by atomic mass is 16.3. The Morgan fingerprint density at radius 1 is 1.35 bits per heavy atom. The first-order valence-corrected chi connectivity index (χ1v) is 7.22. The zero-order valence-electron chi connectivity index (χ0n) is 11.8. The van der Waals surface area contributed by atoms with E-state index in [0.717, 1.165) is 38.2 Å². The first kappa shape index (κ1) is 13.3. The lowest BCUT2D eigenvalue weighted by atomic mass is 10.0. The molecule has 1 aliphatic heterocycles. The van der Waals surface area contributed by atoms with Gasteiger partial charge in [-0.05, 0) is 25.8 Å². The number of nitrogens with one attached hydrogen (secondary N) is 1. The normalized spacial score (nSPS) is 17.5. The van der Waals surface area contributed by atoms with E-state index < -0.39 is 0 Å². The topological polar surface area (TPSA) is 52.2 Å². The number of aryl methyl sites for hydroxylation is 1. The number of rotatable bonds is 3. The Balaban J connectivity index is 1.77. The van der Waals surface area contributed by atoms with Crippen LogP contribution in [-0.2, 0) is 6.54 Å². The average molecular weight is 271 g/mol. The van der Waals surface area contributed by atoms with Gasteiger partial charge in [0, 0.05) is 30.8 Å². The van der Waals surface area contributed by atoms with Gasteiger partial charge in [0.05, 0.1) is 18.0 Å². The number of hydrogen-bond acceptors (Lipinski definition) is 3. The molecule has 0 atom stereocenters. The van der Waals surface area contributed by atoms with Crippen LogP contribution >= 0.6 is 0 Å². The number of aromatic nitrogens is 2. The van der Waals surface area contributed by atoms with Crippen LogP contribution in [0, 0.1) is 6.92 Å². The van der Waals surface area contributed by atoms with Crippen LogP contribution < -0.4 is 0 Å². The van der Waals surface area contributed by atoms with Crippen molar-refractivity contribution in [2.24, 2.45) is 0 Å². The number of benzene rings is 1. The highest BCUT2D eigenvalue weighted by Crippen LogP contribution is 2.24. The summed E-state index contributed by atoms with van der Waals surface area (Å²) in [5, 5.41) is 16.9. The fraction of sp³-hybridized carbons (Fsp3) is 0.438. The number of piperidine rings is 1. The third-order valence-corrected chi connectivity index (χ3v) is 3.98. The number of nitrogens with zero attached hydrogens (tertiary/aromatic N) is 2. The lowest BCUT2D eigenvalue weighted by molar-refractivity contribution is 0.0793. The molecular weight excluding hydrogens is 250 g/mol. The summed E-state index contributed by atoms with van der Waals surface area (Å²) in [7, 11) is 0. The van der Waals surface area contributed by atoms with Gasteiger partial charge in [-0.2, -0.15) is 5.10 Å². The van der Waals surface area contributed by atoms with E-state index in [1.165, 1.54) is 16.7 Å². The van der Waals surface area contributed by atoms with Gasteiger partial charge >= 0.3 is 0 Å². The van der Waals surface area contributed by atoms with Crippen LogP contribution in [-0.4, -0.2) is 39.4 Å². The Morgan fingerprint density at radius 3 is 2.90 bits per heavy atom. The Labute approximate surface area is 119 Å². The summed E-state index contributed by atoms with van der Waals surface area (Å²) in [5.41, 5.74) is 4.78. The molecule has 0 bridgehead atoms. The summed E-state index contributed by atoms with van der Waals surface area (Å²) in [4.78, 5) is 2.39. The van der Waals surface area contributed by atoms with E-state index in [4.69, 9.17) is 0 Å². The van der Waals surface area contributed by atoms with Gasteiger partial charge in [-0.1, -0.05) is 23.8 Å². The van der Waals surface area contributed by atoms with Gasteiger partial charge < -0.3 is 5.11 Å². The molecule has 0 aliphatic carbocycles. The molecular formula is C16H21N3O. The number of hydrogen-bond donors (Lipinski definition) is 2. The van der Waals surface area contributed by atoms with Crippen molar-refractivity contribution in [2.45, 2.75) is 32.4 Å². The molecule has 106 valence electrons. The van der Waals surface area contributed by atoms with Gasteiger partial charge in [-0.3, -0.25) is 10.00 Å². The largest absolute Gasteiger partial charge is 0.393 e. The lowest BCUT2D eigenvalue weighted by Crippen LogP contribution is -2.35. The SMILES string of the molecule is Cc1cccc(-c2[nH]ncc2CN2CCC(O)CC2)c1. The van der Waals surface area contributed by atoms with Crippen LogP contribution in [0.1, 0.15) is 24.0 Å². The molecule has 4 nitrogen and oxygen atoms in total. The first-order valence-electron chi connectivity index (χ1n) is 7.22. The Kier molecular flexibility index (Phi) is 3.85. The summed E-state index contributed by atoms with van der Waals surface area (Å²) in [5.74, 6) is 0. The van der Waals surface area contributed by atoms with Gasteiger partial charge in [0.25, 0.3) is 0 Å². The zero-order chi connectivity index (χ0) is 13.9. The molecule has 0 spiro atoms. The lowest BCUT2D eigenvalue weighted by Gasteiger charge is -2.29. The fourth-order valence-corrected chi connectivity index (χ4v) is 2.80. The van der Waals surface area contributed by atoms with Crippen LogP contribution in [0.15, 0.2) is 30.5 Å². The van der Waals surface area contributed by atoms with Crippen molar-refractivity contribution in [2.75, 3.05) is 13.1 Å². The van der Waals surface area contributed by atoms with Crippen molar-refractivity contribution in [3.05, 3.63) is 41.6 Å². The van der Waals surface area contributed by atoms with Crippen molar-refractivity contribution >= 4 is 0 Å². The maximum Gasteiger partial charge on any atom is 0.0695 e. The van der Waals surface area contributed by atoms with Crippen molar-refractivity contribution in [1.29, 1.82) is 0 Å². The smallest absolute Gasteiger partial charge is 0.0695 e. The van der Waals surface area contributed by atoms with Crippen LogP contribution in [0.4, 0.5) is 0 Å². The van der Waals surface area contributed by atoms with E-state index in [0.29, 0.717) is 0 Å². The summed E-state index contributed by atoms with van der Waals surface area (Å²) < 4.78 is 0. The predicted molar refractivity (Wildman–Crippen MR) is 79.3 cm³/mol. The van der Waals surface area contributed by atoms with E-state index in [2.05, 4.69) is 46.3 Å². The highest BCUT2D eigenvalue weighted by Gasteiger charge is 2.18. The molecule has 2 N–H and O–H groups in total. The molecule has 1 aliphatic rings. The predicted octanol–water partition coefficient (Wildman–Crippen LogP) is 2.34. The number of H-pyrrole nitrogens is 1. The number of aliphatic hydroxyl groups excluding tert-OH is 1. The van der Waals surface area contributed by atoms with Gasteiger partial charge in [0.1, 0.15) is 0 Å². The van der Waals surface area contributed by atoms with Gasteiger partial charge in [-0.15, -0.1) is 0 Å². The summed E-state index contributed by atoms with van der Waals surface area (Å²) in [6, 6.07) is 8.47. The van der Waals surface area contributed by atoms with Crippen molar-refractivity contribution in [3.63, 3.8) is 0 Å². The molecule has 20 heavy (non-hydrogen) atoms. The van der Waals surface area contributed by atoms with E-state index in [1.807, 2.05) is 6.20 Å². The number of likely N-dealkylation sites (tertiary alicyclic amines) is 1. The van der Waals surface area contributed by atoms with Crippen LogP contribution in [0.5, 0.6) is 0 Å². The molecule has 4 heteroatoms. The Morgan fingerprint density at radius 2 is 2.15 bits per heavy atom. The summed E-state index contributed by atoms with van der Waals surface area (Å²) in [6.45, 7) is 4.91. The monoisotopic (exact) mass is 271 g/mol. The second-order valence-corrected chi connectivity index (χ2v) is 5.65. The zero-order valence-corrected chi connectivity index (χ0v) is 11.8. The quantitative estimate of drug-likeness (QED) is 0.901. The minimum absolute atomic E-state index is 0.119. The molecule has 1 aromatic carbocycles. The van der Waals surface area contributed by atoms with Gasteiger partial charge in [0.2, 0.25) is 0 Å². The number of aliphatic hydroxyl groups is 1. The standard InChI is InChI=1S/C16H21N3O/c1-12-3-2-4-13(9-12)16-14(10-17-18-16)11-19-7-5-15(20)6-8-19/h2-4,9-10,15,20H,5-8,11H2,1H3,(H,17,18). The summed E-state index contributed by atoms with van der Waals surface area (Å²) >= 11 is 0. The molecule has 0 radical (unpaired) electrons. The molecule has 1 saturated heterocycles. The van der Waals surface area contributed by atoms with E-state index in [1.54, 1.807) is 0 Å². The van der Waals surface area contributed by atoms with E-state index in [9.17, 15) is 5.11 Å². The number of aromatic amines is 1. The third-order valence-electron chi connectivity index (χ3n) is 3.98. The van der Waals surface area contributed by atoms with Gasteiger partial charge in [0.15, 0.2) is 0 Å². The maximum absolute atomic E-state index is 9.57. The molecule has 3 rings (SSSR count). The van der Waals surface area contributed by atoms with Crippen molar-refractivity contribution in [1.82, 2.24) is 15.1 Å². The third kappa shape index (κ3) is 2.92. The summed E-state index contributed by atoms with van der Waals surface area (Å²) in [6.07, 6.45) is 3.55. The van der Waals surface area contributed by atoms with Crippen molar-refractivity contribution < 1.29 is 5.11 Å². The Bertz CT molecular complexity index is 571. The molecule has 1 fully saturated rings. The highest BCUT2D eigenvalue weighted by molar-refractivity contribution is 5.63. The second kappa shape index (κ2) is 5.77. The molecule has 0 saturated carbocycles. The first-order chi connectivity index (χ1) is 9.72. The molecule has 0 amide bonds. The maximum atomic E-state index is 9.57. The minimum atomic E-state index is -0.119. The minimum Gasteiger partial charge on any atom is -0.393 e. The van der Waals surface area contributed by atoms with Crippen LogP contribution in [0.25, 0.3) is 11.3 Å². The molecule has 1 aromatic heterocycles. The van der Waals surface area contributed by atoms with Crippen LogP contribution in [0.2, 0.25) is 0 Å². The molecule has 2 aromatic rings. The van der Waals surface area contributed by atoms with Crippen molar-refractivity contribution in [3.8, 4) is 11.3 Å². The van der Waals surface area contributed by atoms with Gasteiger partial charge in [-0.25, -0.2) is 0 Å². The molecule has 0 unspecified atom stereocenters.